The van der Waals surface area contributed by atoms with E-state index in [4.69, 9.17) is 14.6 Å². The highest BCUT2D eigenvalue weighted by molar-refractivity contribution is 5.87. The van der Waals surface area contributed by atoms with Crippen molar-refractivity contribution in [2.45, 2.75) is 6.61 Å². The molecule has 0 aliphatic carbocycles. The van der Waals surface area contributed by atoms with E-state index in [1.807, 2.05) is 0 Å². The molecule has 0 heterocycles. The molecule has 0 atom stereocenters. The van der Waals surface area contributed by atoms with Gasteiger partial charge in [-0.1, -0.05) is 0 Å². The number of carboxylic acid groups (broad SMARTS) is 1. The quantitative estimate of drug-likeness (QED) is 0.919. The minimum absolute atomic E-state index is 0.143. The van der Waals surface area contributed by atoms with Crippen LogP contribution >= 0.6 is 0 Å². The van der Waals surface area contributed by atoms with Crippen LogP contribution < -0.4 is 9.47 Å². The first-order chi connectivity index (χ1) is 10.0. The van der Waals surface area contributed by atoms with Gasteiger partial charge in [-0.25, -0.2) is 13.6 Å². The van der Waals surface area contributed by atoms with Gasteiger partial charge >= 0.3 is 5.97 Å². The lowest BCUT2D eigenvalue weighted by atomic mass is 10.2. The summed E-state index contributed by atoms with van der Waals surface area (Å²) in [5.74, 6) is -2.36. The molecule has 1 N–H and O–H groups in total. The zero-order valence-corrected chi connectivity index (χ0v) is 11.1. The molecule has 0 bridgehead atoms. The lowest BCUT2D eigenvalue weighted by molar-refractivity contribution is 0.0696. The Morgan fingerprint density at radius 1 is 1.14 bits per heavy atom. The number of carbonyl (C=O) groups is 1. The van der Waals surface area contributed by atoms with Crippen molar-refractivity contribution in [1.82, 2.24) is 0 Å². The molecule has 0 saturated carbocycles. The number of rotatable bonds is 5. The van der Waals surface area contributed by atoms with Crippen molar-refractivity contribution in [3.63, 3.8) is 0 Å². The van der Waals surface area contributed by atoms with Crippen molar-refractivity contribution in [1.29, 1.82) is 0 Å². The number of ether oxygens (including phenoxy) is 2. The predicted molar refractivity (Wildman–Crippen MR) is 70.6 cm³/mol. The summed E-state index contributed by atoms with van der Waals surface area (Å²) in [4.78, 5) is 10.7. The van der Waals surface area contributed by atoms with Gasteiger partial charge < -0.3 is 14.6 Å². The van der Waals surface area contributed by atoms with Crippen LogP contribution in [0.5, 0.6) is 11.5 Å². The maximum absolute atomic E-state index is 13.7. The maximum atomic E-state index is 13.7. The summed E-state index contributed by atoms with van der Waals surface area (Å²) < 4.78 is 37.3. The van der Waals surface area contributed by atoms with Crippen LogP contribution in [0.4, 0.5) is 8.78 Å². The van der Waals surface area contributed by atoms with E-state index >= 15 is 0 Å². The second-order valence-corrected chi connectivity index (χ2v) is 4.20. The van der Waals surface area contributed by atoms with Gasteiger partial charge in [0.15, 0.2) is 11.6 Å². The highest BCUT2D eigenvalue weighted by Gasteiger charge is 2.11. The van der Waals surface area contributed by atoms with E-state index in [1.165, 1.54) is 31.4 Å². The third-order valence-electron chi connectivity index (χ3n) is 2.82. The Kier molecular flexibility index (Phi) is 4.37. The average Bonchev–Trinajstić information content (AvgIpc) is 2.46. The first-order valence-electron chi connectivity index (χ1n) is 5.99. The largest absolute Gasteiger partial charge is 0.497 e. The highest BCUT2D eigenvalue weighted by atomic mass is 19.1. The van der Waals surface area contributed by atoms with Crippen molar-refractivity contribution < 1.29 is 28.2 Å². The Labute approximate surface area is 119 Å². The molecule has 2 aromatic carbocycles. The van der Waals surface area contributed by atoms with E-state index in [9.17, 15) is 13.6 Å². The fourth-order valence-electron chi connectivity index (χ4n) is 1.68. The third kappa shape index (κ3) is 3.47. The fraction of sp³-hybridized carbons (Fsp3) is 0.133. The number of aromatic carboxylic acids is 1. The number of methoxy groups -OCH3 is 1. The van der Waals surface area contributed by atoms with Crippen LogP contribution in [0.2, 0.25) is 0 Å². The minimum Gasteiger partial charge on any atom is -0.497 e. The fourth-order valence-corrected chi connectivity index (χ4v) is 1.68. The van der Waals surface area contributed by atoms with E-state index in [0.717, 1.165) is 6.07 Å². The average molecular weight is 294 g/mol. The van der Waals surface area contributed by atoms with Crippen molar-refractivity contribution in [2.75, 3.05) is 7.11 Å². The van der Waals surface area contributed by atoms with Crippen molar-refractivity contribution in [2.24, 2.45) is 0 Å². The topological polar surface area (TPSA) is 55.8 Å². The molecule has 2 aromatic rings. The van der Waals surface area contributed by atoms with Crippen LogP contribution in [0.15, 0.2) is 36.4 Å². The monoisotopic (exact) mass is 294 g/mol. The van der Waals surface area contributed by atoms with Gasteiger partial charge in [0.2, 0.25) is 0 Å². The molecule has 0 aliphatic rings. The Bertz CT molecular complexity index is 671. The van der Waals surface area contributed by atoms with Gasteiger partial charge in [-0.05, 0) is 30.3 Å². The normalized spacial score (nSPS) is 10.2. The van der Waals surface area contributed by atoms with E-state index in [-0.39, 0.29) is 23.5 Å². The van der Waals surface area contributed by atoms with E-state index in [2.05, 4.69) is 0 Å². The molecule has 0 radical (unpaired) electrons. The molecular formula is C15H12F2O4. The summed E-state index contributed by atoms with van der Waals surface area (Å²) >= 11 is 0. The maximum Gasteiger partial charge on any atom is 0.335 e. The van der Waals surface area contributed by atoms with Crippen molar-refractivity contribution >= 4 is 5.97 Å². The minimum atomic E-state index is -1.23. The lowest BCUT2D eigenvalue weighted by Gasteiger charge is -2.09. The van der Waals surface area contributed by atoms with Crippen LogP contribution in [0.25, 0.3) is 0 Å². The second kappa shape index (κ2) is 6.21. The SMILES string of the molecule is COc1ccc(COc2ccc(C(=O)O)cc2F)c(F)c1. The van der Waals surface area contributed by atoms with Gasteiger partial charge in [-0.3, -0.25) is 0 Å². The summed E-state index contributed by atoms with van der Waals surface area (Å²) in [5, 5.41) is 8.72. The van der Waals surface area contributed by atoms with Crippen molar-refractivity contribution in [3.8, 4) is 11.5 Å². The molecule has 0 amide bonds. The van der Waals surface area contributed by atoms with E-state index in [1.54, 1.807) is 6.07 Å². The second-order valence-electron chi connectivity index (χ2n) is 4.20. The van der Waals surface area contributed by atoms with Crippen LogP contribution in [-0.4, -0.2) is 18.2 Å². The molecule has 2 rings (SSSR count). The van der Waals surface area contributed by atoms with E-state index < -0.39 is 17.6 Å². The van der Waals surface area contributed by atoms with Crippen LogP contribution in [0.1, 0.15) is 15.9 Å². The van der Waals surface area contributed by atoms with Gasteiger partial charge in [-0.2, -0.15) is 0 Å². The van der Waals surface area contributed by atoms with Gasteiger partial charge in [-0.15, -0.1) is 0 Å². The summed E-state index contributed by atoms with van der Waals surface area (Å²) in [6.07, 6.45) is 0. The Morgan fingerprint density at radius 2 is 1.90 bits per heavy atom. The summed E-state index contributed by atoms with van der Waals surface area (Å²) in [5.41, 5.74) is 0.0491. The molecule has 0 saturated heterocycles. The molecule has 6 heteroatoms. The summed E-state index contributed by atoms with van der Waals surface area (Å²) in [7, 11) is 1.42. The van der Waals surface area contributed by atoms with Gasteiger partial charge in [0, 0.05) is 11.6 Å². The smallest absolute Gasteiger partial charge is 0.335 e. The Balaban J connectivity index is 2.11. The van der Waals surface area contributed by atoms with Gasteiger partial charge in [0.25, 0.3) is 0 Å². The molecule has 0 aromatic heterocycles. The summed E-state index contributed by atoms with van der Waals surface area (Å²) in [6.45, 7) is -0.181. The van der Waals surface area contributed by atoms with Gasteiger partial charge in [0.05, 0.1) is 12.7 Å². The molecule has 0 fully saturated rings. The number of benzene rings is 2. The van der Waals surface area contributed by atoms with Crippen LogP contribution in [0.3, 0.4) is 0 Å². The van der Waals surface area contributed by atoms with Crippen LogP contribution in [0, 0.1) is 11.6 Å². The Morgan fingerprint density at radius 3 is 2.48 bits per heavy atom. The molecule has 21 heavy (non-hydrogen) atoms. The number of carboxylic acids is 1. The number of hydrogen-bond acceptors (Lipinski definition) is 3. The van der Waals surface area contributed by atoms with Gasteiger partial charge in [0.1, 0.15) is 18.2 Å². The first kappa shape index (κ1) is 14.8. The molecule has 0 spiro atoms. The van der Waals surface area contributed by atoms with Crippen molar-refractivity contribution in [3.05, 3.63) is 59.2 Å². The Hall–Kier alpha value is -2.63. The lowest BCUT2D eigenvalue weighted by Crippen LogP contribution is -2.02. The molecule has 0 unspecified atom stereocenters. The molecular weight excluding hydrogens is 282 g/mol. The number of hydrogen-bond donors (Lipinski definition) is 1. The van der Waals surface area contributed by atoms with Crippen LogP contribution in [-0.2, 0) is 6.61 Å². The van der Waals surface area contributed by atoms with E-state index in [0.29, 0.717) is 5.75 Å². The zero-order chi connectivity index (χ0) is 15.4. The standard InChI is InChI=1S/C15H12F2O4/c1-20-11-4-2-10(12(16)7-11)8-21-14-5-3-9(15(18)19)6-13(14)17/h2-7H,8H2,1H3,(H,18,19). The first-order valence-corrected chi connectivity index (χ1v) is 5.99. The molecule has 0 aliphatic heterocycles. The zero-order valence-electron chi connectivity index (χ0n) is 11.1. The third-order valence-corrected chi connectivity index (χ3v) is 2.82. The predicted octanol–water partition coefficient (Wildman–Crippen LogP) is 3.25. The molecule has 110 valence electrons. The molecule has 4 nitrogen and oxygen atoms in total. The highest BCUT2D eigenvalue weighted by Crippen LogP contribution is 2.22. The summed E-state index contributed by atoms with van der Waals surface area (Å²) in [6, 6.07) is 7.49. The number of halogens is 2.